The van der Waals surface area contributed by atoms with Gasteiger partial charge in [0, 0.05) is 42.2 Å². The van der Waals surface area contributed by atoms with Gasteiger partial charge in [-0.1, -0.05) is 18.9 Å². The average molecular weight is 395 g/mol. The number of ether oxygens (including phenoxy) is 1. The van der Waals surface area contributed by atoms with Gasteiger partial charge in [-0.25, -0.2) is 0 Å². The Bertz CT molecular complexity index is 813. The minimum atomic E-state index is 0.0919. The van der Waals surface area contributed by atoms with Crippen molar-refractivity contribution in [1.29, 1.82) is 0 Å². The van der Waals surface area contributed by atoms with Gasteiger partial charge in [-0.05, 0) is 76.6 Å². The third-order valence-corrected chi connectivity index (χ3v) is 7.72. The largest absolute Gasteiger partial charge is 0.375 e. The summed E-state index contributed by atoms with van der Waals surface area (Å²) in [5.41, 5.74) is 2.82. The van der Waals surface area contributed by atoms with Crippen LogP contribution in [0, 0.1) is 0 Å². The molecule has 3 aliphatic rings. The Kier molecular flexibility index (Phi) is 5.21. The van der Waals surface area contributed by atoms with Gasteiger partial charge in [0.1, 0.15) is 0 Å². The number of pyridine rings is 1. The van der Waals surface area contributed by atoms with Crippen molar-refractivity contribution >= 4 is 0 Å². The molecule has 1 saturated heterocycles. The summed E-state index contributed by atoms with van der Waals surface area (Å²) in [7, 11) is 0. The van der Waals surface area contributed by atoms with Crippen LogP contribution in [-0.2, 0) is 10.2 Å². The lowest BCUT2D eigenvalue weighted by Crippen LogP contribution is -2.47. The van der Waals surface area contributed by atoms with Crippen LogP contribution < -0.4 is 5.32 Å². The molecule has 5 heteroatoms. The molecule has 2 unspecified atom stereocenters. The molecule has 2 aromatic heterocycles. The zero-order chi connectivity index (χ0) is 19.7. The Hall–Kier alpha value is -1.72. The third-order valence-electron chi connectivity index (χ3n) is 7.72. The van der Waals surface area contributed by atoms with Crippen LogP contribution in [0.5, 0.6) is 0 Å². The van der Waals surface area contributed by atoms with E-state index in [0.29, 0.717) is 12.1 Å². The molecular weight excluding hydrogens is 360 g/mol. The Labute approximate surface area is 174 Å². The molecular formula is C24H34N4O. The quantitative estimate of drug-likeness (QED) is 0.798. The van der Waals surface area contributed by atoms with Crippen LogP contribution in [0.3, 0.4) is 0 Å². The highest BCUT2D eigenvalue weighted by Crippen LogP contribution is 2.49. The smallest absolute Gasteiger partial charge is 0.0691 e. The summed E-state index contributed by atoms with van der Waals surface area (Å²) in [5, 5.41) is 8.42. The first kappa shape index (κ1) is 19.3. The molecule has 1 saturated carbocycles. The van der Waals surface area contributed by atoms with Crippen molar-refractivity contribution in [3.63, 3.8) is 0 Å². The minimum Gasteiger partial charge on any atom is -0.375 e. The van der Waals surface area contributed by atoms with E-state index in [-0.39, 0.29) is 11.0 Å². The standard InChI is InChI=1S/C24H34N4O/c1-19-7-8-20(21-9-15-27-28(19)21)25-16-12-23(22-6-2-5-14-26-22)13-17-29-24(18-23)10-3-4-11-24/h2,5-6,9,14-15,19-20,25H,3-4,7-8,10-13,16-18H2,1H3/t19?,20?,23-/m1/s1. The summed E-state index contributed by atoms with van der Waals surface area (Å²) < 4.78 is 8.59. The summed E-state index contributed by atoms with van der Waals surface area (Å²) in [6, 6.07) is 9.53. The van der Waals surface area contributed by atoms with E-state index in [9.17, 15) is 0 Å². The van der Waals surface area contributed by atoms with Crippen LogP contribution in [-0.4, -0.2) is 33.5 Å². The molecule has 5 rings (SSSR count). The zero-order valence-corrected chi connectivity index (χ0v) is 17.6. The minimum absolute atomic E-state index is 0.0919. The first-order valence-corrected chi connectivity index (χ1v) is 11.5. The van der Waals surface area contributed by atoms with Gasteiger partial charge < -0.3 is 10.1 Å². The van der Waals surface area contributed by atoms with Crippen molar-refractivity contribution in [3.05, 3.63) is 48.0 Å². The molecule has 0 radical (unpaired) electrons. The predicted octanol–water partition coefficient (Wildman–Crippen LogP) is 4.71. The second-order valence-corrected chi connectivity index (χ2v) is 9.54. The van der Waals surface area contributed by atoms with Crippen LogP contribution in [0.2, 0.25) is 0 Å². The number of hydrogen-bond acceptors (Lipinski definition) is 4. The molecule has 1 spiro atoms. The van der Waals surface area contributed by atoms with Gasteiger partial charge >= 0.3 is 0 Å². The van der Waals surface area contributed by atoms with E-state index in [2.05, 4.69) is 40.2 Å². The molecule has 5 nitrogen and oxygen atoms in total. The fraction of sp³-hybridized carbons (Fsp3) is 0.667. The molecule has 0 amide bonds. The van der Waals surface area contributed by atoms with E-state index in [1.54, 1.807) is 0 Å². The molecule has 1 N–H and O–H groups in total. The van der Waals surface area contributed by atoms with Crippen LogP contribution in [0.4, 0.5) is 0 Å². The highest BCUT2D eigenvalue weighted by molar-refractivity contribution is 5.21. The van der Waals surface area contributed by atoms with Crippen molar-refractivity contribution in [2.45, 2.75) is 87.8 Å². The van der Waals surface area contributed by atoms with Gasteiger partial charge in [-0.15, -0.1) is 0 Å². The van der Waals surface area contributed by atoms with Crippen LogP contribution in [0.15, 0.2) is 36.7 Å². The number of hydrogen-bond donors (Lipinski definition) is 1. The average Bonchev–Trinajstić information content (AvgIpc) is 3.41. The van der Waals surface area contributed by atoms with E-state index in [1.165, 1.54) is 49.9 Å². The maximum atomic E-state index is 6.39. The second-order valence-electron chi connectivity index (χ2n) is 9.54. The van der Waals surface area contributed by atoms with Gasteiger partial charge in [0.15, 0.2) is 0 Å². The van der Waals surface area contributed by atoms with Crippen LogP contribution in [0.1, 0.15) is 88.2 Å². The maximum absolute atomic E-state index is 6.39. The van der Waals surface area contributed by atoms with Crippen molar-refractivity contribution in [2.75, 3.05) is 13.2 Å². The van der Waals surface area contributed by atoms with Gasteiger partial charge in [0.2, 0.25) is 0 Å². The Balaban J connectivity index is 1.33. The number of nitrogens with zero attached hydrogens (tertiary/aromatic N) is 3. The molecule has 2 aromatic rings. The number of nitrogens with one attached hydrogen (secondary N) is 1. The monoisotopic (exact) mass is 394 g/mol. The molecule has 2 aliphatic heterocycles. The topological polar surface area (TPSA) is 52.0 Å². The van der Waals surface area contributed by atoms with Crippen molar-refractivity contribution < 1.29 is 4.74 Å². The molecule has 29 heavy (non-hydrogen) atoms. The molecule has 0 bridgehead atoms. The third kappa shape index (κ3) is 3.64. The summed E-state index contributed by atoms with van der Waals surface area (Å²) >= 11 is 0. The summed E-state index contributed by atoms with van der Waals surface area (Å²) in [5.74, 6) is 0. The molecule has 4 heterocycles. The zero-order valence-electron chi connectivity index (χ0n) is 17.6. The maximum Gasteiger partial charge on any atom is 0.0691 e. The predicted molar refractivity (Wildman–Crippen MR) is 114 cm³/mol. The number of aromatic nitrogens is 3. The molecule has 3 atom stereocenters. The Morgan fingerprint density at radius 1 is 1.14 bits per heavy atom. The van der Waals surface area contributed by atoms with Crippen molar-refractivity contribution in [3.8, 4) is 0 Å². The van der Waals surface area contributed by atoms with E-state index in [1.807, 2.05) is 18.5 Å². The lowest BCUT2D eigenvalue weighted by Gasteiger charge is -2.46. The lowest BCUT2D eigenvalue weighted by molar-refractivity contribution is -0.104. The fourth-order valence-electron chi connectivity index (χ4n) is 6.14. The normalized spacial score (nSPS) is 31.1. The second kappa shape index (κ2) is 7.84. The lowest BCUT2D eigenvalue weighted by atomic mass is 9.68. The SMILES string of the molecule is CC1CCC(NCC[C@@]2(c3ccccn3)CCOC3(CCCC3)C2)c2ccnn21. The molecule has 0 aromatic carbocycles. The Morgan fingerprint density at radius 2 is 2.03 bits per heavy atom. The molecule has 2 fully saturated rings. The summed E-state index contributed by atoms with van der Waals surface area (Å²) in [4.78, 5) is 4.83. The summed E-state index contributed by atoms with van der Waals surface area (Å²) in [6.45, 7) is 4.15. The highest BCUT2D eigenvalue weighted by atomic mass is 16.5. The van der Waals surface area contributed by atoms with Crippen molar-refractivity contribution in [1.82, 2.24) is 20.1 Å². The Morgan fingerprint density at radius 3 is 2.86 bits per heavy atom. The number of rotatable bonds is 5. The first-order valence-electron chi connectivity index (χ1n) is 11.5. The van der Waals surface area contributed by atoms with Gasteiger partial charge in [-0.2, -0.15) is 5.10 Å². The van der Waals surface area contributed by atoms with Gasteiger partial charge in [-0.3, -0.25) is 9.67 Å². The highest BCUT2D eigenvalue weighted by Gasteiger charge is 2.48. The number of fused-ring (bicyclic) bond motifs is 1. The van der Waals surface area contributed by atoms with Crippen molar-refractivity contribution in [2.24, 2.45) is 0 Å². The van der Waals surface area contributed by atoms with Gasteiger partial charge in [0.05, 0.1) is 11.3 Å². The van der Waals surface area contributed by atoms with Gasteiger partial charge in [0.25, 0.3) is 0 Å². The van der Waals surface area contributed by atoms with E-state index < -0.39 is 0 Å². The van der Waals surface area contributed by atoms with Crippen LogP contribution in [0.25, 0.3) is 0 Å². The van der Waals surface area contributed by atoms with E-state index in [4.69, 9.17) is 9.72 Å². The van der Waals surface area contributed by atoms with E-state index >= 15 is 0 Å². The molecule has 156 valence electrons. The van der Waals surface area contributed by atoms with E-state index in [0.717, 1.165) is 32.4 Å². The molecule has 1 aliphatic carbocycles. The van der Waals surface area contributed by atoms with Crippen LogP contribution >= 0.6 is 0 Å². The fourth-order valence-corrected chi connectivity index (χ4v) is 6.14. The first-order chi connectivity index (χ1) is 14.2. The summed E-state index contributed by atoms with van der Waals surface area (Å²) in [6.07, 6.45) is 14.7.